The number of carbonyl (C=O) groups excluding carboxylic acids is 1. The molecule has 0 bridgehead atoms. The minimum Gasteiger partial charge on any atom is -0.481 e. The van der Waals surface area contributed by atoms with Crippen molar-refractivity contribution in [1.29, 1.82) is 0 Å². The highest BCUT2D eigenvalue weighted by Gasteiger charge is 2.25. The Morgan fingerprint density at radius 1 is 1.15 bits per heavy atom. The lowest BCUT2D eigenvalue weighted by molar-refractivity contribution is -0.137. The third kappa shape index (κ3) is 5.53. The smallest absolute Gasteiger partial charge is 0.338 e. The number of rotatable bonds is 8. The number of carboxylic acids is 1. The van der Waals surface area contributed by atoms with Gasteiger partial charge in [0.25, 0.3) is 0 Å². The number of halogens is 1. The van der Waals surface area contributed by atoms with Crippen molar-refractivity contribution in [1.82, 2.24) is 4.72 Å². The average Bonchev–Trinajstić information content (AvgIpc) is 2.61. The molecular weight excluding hydrogens is 394 g/mol. The zero-order valence-corrected chi connectivity index (χ0v) is 16.0. The van der Waals surface area contributed by atoms with Gasteiger partial charge in [0.2, 0.25) is 10.0 Å². The molecule has 0 saturated carbocycles. The molecule has 0 aromatic heterocycles. The second-order valence-electron chi connectivity index (χ2n) is 5.54. The van der Waals surface area contributed by atoms with Gasteiger partial charge in [-0.2, -0.15) is 0 Å². The summed E-state index contributed by atoms with van der Waals surface area (Å²) in [5, 5.41) is 9.38. The summed E-state index contributed by atoms with van der Waals surface area (Å²) in [7, 11) is -4.05. The molecule has 2 N–H and O–H groups in total. The summed E-state index contributed by atoms with van der Waals surface area (Å²) in [6, 6.07) is 10.5. The molecule has 2 rings (SSSR count). The van der Waals surface area contributed by atoms with Gasteiger partial charge in [0.15, 0.2) is 0 Å². The summed E-state index contributed by atoms with van der Waals surface area (Å²) in [5.41, 5.74) is 0.567. The van der Waals surface area contributed by atoms with Crippen molar-refractivity contribution in [2.75, 3.05) is 6.61 Å². The summed E-state index contributed by atoms with van der Waals surface area (Å²) in [6.45, 7) is 1.87. The summed E-state index contributed by atoms with van der Waals surface area (Å²) < 4.78 is 32.5. The van der Waals surface area contributed by atoms with Crippen LogP contribution in [0.25, 0.3) is 0 Å². The highest BCUT2D eigenvalue weighted by Crippen LogP contribution is 2.27. The molecule has 27 heavy (non-hydrogen) atoms. The van der Waals surface area contributed by atoms with E-state index in [-0.39, 0.29) is 22.1 Å². The van der Waals surface area contributed by atoms with Crippen LogP contribution in [-0.4, -0.2) is 32.1 Å². The molecule has 2 aromatic rings. The summed E-state index contributed by atoms with van der Waals surface area (Å²) in [6.07, 6.45) is -0.482. The maximum Gasteiger partial charge on any atom is 0.338 e. The number of benzene rings is 2. The van der Waals surface area contributed by atoms with Crippen LogP contribution in [0.1, 0.15) is 35.3 Å². The Balaban J connectivity index is 2.29. The number of nitrogens with one attached hydrogen (secondary N) is 1. The molecule has 0 fully saturated rings. The molecule has 0 radical (unpaired) electrons. The summed E-state index contributed by atoms with van der Waals surface area (Å²) in [4.78, 5) is 22.7. The van der Waals surface area contributed by atoms with E-state index in [1.165, 1.54) is 24.3 Å². The van der Waals surface area contributed by atoms with E-state index in [0.29, 0.717) is 5.56 Å². The van der Waals surface area contributed by atoms with E-state index >= 15 is 0 Å². The van der Waals surface area contributed by atoms with Crippen LogP contribution >= 0.6 is 11.6 Å². The predicted octanol–water partition coefficient (Wildman–Crippen LogP) is 3.01. The van der Waals surface area contributed by atoms with Gasteiger partial charge in [-0.05, 0) is 42.8 Å². The summed E-state index contributed by atoms with van der Waals surface area (Å²) in [5.74, 6) is -1.74. The lowest BCUT2D eigenvalue weighted by Crippen LogP contribution is -2.30. The molecule has 7 nitrogen and oxygen atoms in total. The summed E-state index contributed by atoms with van der Waals surface area (Å²) >= 11 is 6.08. The van der Waals surface area contributed by atoms with Crippen LogP contribution in [0.2, 0.25) is 5.02 Å². The van der Waals surface area contributed by atoms with Crippen molar-refractivity contribution in [2.45, 2.75) is 24.3 Å². The van der Waals surface area contributed by atoms with Gasteiger partial charge in [0, 0.05) is 5.02 Å². The Kier molecular flexibility index (Phi) is 6.95. The minimum absolute atomic E-state index is 0.113. The fourth-order valence-corrected chi connectivity index (χ4v) is 3.87. The van der Waals surface area contributed by atoms with Gasteiger partial charge in [-0.15, -0.1) is 0 Å². The van der Waals surface area contributed by atoms with Gasteiger partial charge in [0.1, 0.15) is 0 Å². The number of esters is 1. The molecule has 0 amide bonds. The Hall–Kier alpha value is -2.42. The average molecular weight is 412 g/mol. The Morgan fingerprint density at radius 3 is 2.33 bits per heavy atom. The van der Waals surface area contributed by atoms with E-state index in [1.54, 1.807) is 31.2 Å². The first-order valence-corrected chi connectivity index (χ1v) is 9.86. The van der Waals surface area contributed by atoms with E-state index in [4.69, 9.17) is 21.4 Å². The van der Waals surface area contributed by atoms with Crippen molar-refractivity contribution in [2.24, 2.45) is 0 Å². The van der Waals surface area contributed by atoms with Crippen molar-refractivity contribution in [3.63, 3.8) is 0 Å². The van der Waals surface area contributed by atoms with Crippen LogP contribution in [0.15, 0.2) is 53.4 Å². The van der Waals surface area contributed by atoms with E-state index in [1.807, 2.05) is 0 Å². The lowest BCUT2D eigenvalue weighted by Gasteiger charge is -2.19. The number of ether oxygens (including phenoxy) is 1. The Labute approximate surface area is 162 Å². The number of aliphatic carboxylic acids is 1. The van der Waals surface area contributed by atoms with Crippen molar-refractivity contribution in [3.8, 4) is 0 Å². The molecule has 0 heterocycles. The number of sulfonamides is 1. The zero-order valence-electron chi connectivity index (χ0n) is 14.4. The lowest BCUT2D eigenvalue weighted by atomic mass is 10.1. The van der Waals surface area contributed by atoms with Crippen molar-refractivity contribution in [3.05, 3.63) is 64.7 Å². The standard InChI is InChI=1S/C18H18ClNO6S/c1-2-26-18(23)12-7-9-13(10-8-12)27(24,25)20-16(11-17(21)22)14-5-3-4-6-15(14)19/h3-10,16,20H,2,11H2,1H3,(H,21,22). The largest absolute Gasteiger partial charge is 0.481 e. The highest BCUT2D eigenvalue weighted by atomic mass is 35.5. The minimum atomic E-state index is -4.05. The van der Waals surface area contributed by atoms with E-state index in [9.17, 15) is 18.0 Å². The maximum absolute atomic E-state index is 12.7. The van der Waals surface area contributed by atoms with Gasteiger partial charge in [-0.25, -0.2) is 17.9 Å². The predicted molar refractivity (Wildman–Crippen MR) is 99.2 cm³/mol. The molecule has 0 aliphatic carbocycles. The highest BCUT2D eigenvalue weighted by molar-refractivity contribution is 7.89. The normalized spacial score (nSPS) is 12.4. The van der Waals surface area contributed by atoms with Gasteiger partial charge in [0.05, 0.1) is 29.5 Å². The molecule has 144 valence electrons. The van der Waals surface area contributed by atoms with E-state index in [2.05, 4.69) is 4.72 Å². The maximum atomic E-state index is 12.7. The second-order valence-corrected chi connectivity index (χ2v) is 7.66. The van der Waals surface area contributed by atoms with Gasteiger partial charge >= 0.3 is 11.9 Å². The fraction of sp³-hybridized carbons (Fsp3) is 0.222. The third-order valence-corrected chi connectivity index (χ3v) is 5.46. The first kappa shape index (κ1) is 20.9. The molecule has 0 saturated heterocycles. The molecule has 0 spiro atoms. The van der Waals surface area contributed by atoms with E-state index in [0.717, 1.165) is 0 Å². The number of hydrogen-bond donors (Lipinski definition) is 2. The van der Waals surface area contributed by atoms with Crippen LogP contribution in [0.3, 0.4) is 0 Å². The number of carbonyl (C=O) groups is 2. The van der Waals surface area contributed by atoms with Crippen LogP contribution in [0, 0.1) is 0 Å². The van der Waals surface area contributed by atoms with Crippen LogP contribution in [0.4, 0.5) is 0 Å². The fourth-order valence-electron chi connectivity index (χ4n) is 2.39. The number of hydrogen-bond acceptors (Lipinski definition) is 5. The molecule has 0 aliphatic heterocycles. The van der Waals surface area contributed by atoms with Gasteiger partial charge in [-0.1, -0.05) is 29.8 Å². The van der Waals surface area contributed by atoms with Crippen molar-refractivity contribution >= 4 is 33.6 Å². The molecule has 1 atom stereocenters. The molecule has 2 aromatic carbocycles. The molecule has 1 unspecified atom stereocenters. The van der Waals surface area contributed by atoms with Gasteiger partial charge in [-0.3, -0.25) is 4.79 Å². The van der Waals surface area contributed by atoms with Gasteiger partial charge < -0.3 is 9.84 Å². The first-order valence-electron chi connectivity index (χ1n) is 8.00. The SMILES string of the molecule is CCOC(=O)c1ccc(S(=O)(=O)NC(CC(=O)O)c2ccccc2Cl)cc1. The Morgan fingerprint density at radius 2 is 1.78 bits per heavy atom. The molecule has 9 heteroatoms. The van der Waals surface area contributed by atoms with Crippen LogP contribution in [0.5, 0.6) is 0 Å². The van der Waals surface area contributed by atoms with E-state index < -0.39 is 34.4 Å². The topological polar surface area (TPSA) is 110 Å². The monoisotopic (exact) mass is 411 g/mol. The molecule has 0 aliphatic rings. The van der Waals surface area contributed by atoms with Crippen molar-refractivity contribution < 1.29 is 27.9 Å². The molecular formula is C18H18ClNO6S. The second kappa shape index (κ2) is 8.98. The Bertz CT molecular complexity index is 927. The third-order valence-electron chi connectivity index (χ3n) is 3.63. The van der Waals surface area contributed by atoms with Crippen LogP contribution < -0.4 is 4.72 Å². The zero-order chi connectivity index (χ0) is 20.0. The first-order chi connectivity index (χ1) is 12.7. The van der Waals surface area contributed by atoms with Crippen LogP contribution in [-0.2, 0) is 19.6 Å². The number of carboxylic acid groups (broad SMARTS) is 1. The quantitative estimate of drug-likeness (QED) is 0.646.